The standard InChI is InChI=1S/C19H27N5O3/c1-24(12-8-15(25-2)17(27-4)16(9-12)26-3)10-11-5-6-14-13(7-11)18(20)23-19(21)22-14/h8-9,11H,5-7,10H2,1-4H3,(H4,20,21,22,23)/t11-/m1/s1. The van der Waals surface area contributed by atoms with Crippen molar-refractivity contribution in [1.29, 1.82) is 0 Å². The first-order valence-electron chi connectivity index (χ1n) is 8.88. The van der Waals surface area contributed by atoms with Crippen LogP contribution in [0.4, 0.5) is 17.5 Å². The van der Waals surface area contributed by atoms with Gasteiger partial charge < -0.3 is 30.6 Å². The van der Waals surface area contributed by atoms with Crippen molar-refractivity contribution in [2.45, 2.75) is 19.3 Å². The number of rotatable bonds is 6. The van der Waals surface area contributed by atoms with Crippen molar-refractivity contribution in [2.75, 3.05) is 51.3 Å². The van der Waals surface area contributed by atoms with Crippen LogP contribution in [-0.4, -0.2) is 44.9 Å². The van der Waals surface area contributed by atoms with Crippen LogP contribution >= 0.6 is 0 Å². The van der Waals surface area contributed by atoms with Gasteiger partial charge in [-0.1, -0.05) is 0 Å². The number of hydrogen-bond acceptors (Lipinski definition) is 8. The van der Waals surface area contributed by atoms with Gasteiger partial charge in [0.05, 0.1) is 27.0 Å². The third kappa shape index (κ3) is 3.79. The summed E-state index contributed by atoms with van der Waals surface area (Å²) < 4.78 is 16.3. The number of anilines is 3. The third-order valence-corrected chi connectivity index (χ3v) is 5.05. The zero-order chi connectivity index (χ0) is 19.6. The van der Waals surface area contributed by atoms with Gasteiger partial charge in [0.15, 0.2) is 11.5 Å². The summed E-state index contributed by atoms with van der Waals surface area (Å²) in [5.74, 6) is 3.06. The number of nitrogens with zero attached hydrogens (tertiary/aromatic N) is 3. The molecule has 1 aliphatic carbocycles. The molecule has 8 nitrogen and oxygen atoms in total. The summed E-state index contributed by atoms with van der Waals surface area (Å²) in [4.78, 5) is 10.6. The Hall–Kier alpha value is -2.90. The van der Waals surface area contributed by atoms with E-state index < -0.39 is 0 Å². The van der Waals surface area contributed by atoms with E-state index in [0.29, 0.717) is 29.0 Å². The minimum atomic E-state index is 0.249. The molecule has 1 heterocycles. The van der Waals surface area contributed by atoms with E-state index in [1.54, 1.807) is 21.3 Å². The average Bonchev–Trinajstić information content (AvgIpc) is 2.67. The molecule has 2 aromatic rings. The Kier molecular flexibility index (Phi) is 5.43. The molecule has 146 valence electrons. The number of aromatic nitrogens is 2. The fourth-order valence-corrected chi connectivity index (χ4v) is 3.67. The summed E-state index contributed by atoms with van der Waals surface area (Å²) in [5, 5.41) is 0. The maximum absolute atomic E-state index is 6.06. The molecule has 1 aromatic carbocycles. The van der Waals surface area contributed by atoms with Gasteiger partial charge in [-0.2, -0.15) is 4.98 Å². The second-order valence-electron chi connectivity index (χ2n) is 6.77. The van der Waals surface area contributed by atoms with E-state index in [4.69, 9.17) is 25.7 Å². The normalized spacial score (nSPS) is 15.8. The van der Waals surface area contributed by atoms with Crippen molar-refractivity contribution in [3.63, 3.8) is 0 Å². The van der Waals surface area contributed by atoms with Gasteiger partial charge in [-0.3, -0.25) is 0 Å². The molecule has 1 atom stereocenters. The summed E-state index contributed by atoms with van der Waals surface area (Å²) in [5.41, 5.74) is 14.8. The summed E-state index contributed by atoms with van der Waals surface area (Å²) in [6, 6.07) is 3.91. The zero-order valence-electron chi connectivity index (χ0n) is 16.3. The van der Waals surface area contributed by atoms with E-state index in [9.17, 15) is 0 Å². The number of nitrogens with two attached hydrogens (primary N) is 2. The van der Waals surface area contributed by atoms with Crippen molar-refractivity contribution in [3.8, 4) is 17.2 Å². The number of ether oxygens (including phenoxy) is 3. The lowest BCUT2D eigenvalue weighted by atomic mass is 9.86. The van der Waals surface area contributed by atoms with Crippen LogP contribution in [0.25, 0.3) is 0 Å². The topological polar surface area (TPSA) is 109 Å². The SMILES string of the molecule is COc1cc(N(C)C[C@@H]2CCc3nc(N)nc(N)c3C2)cc(OC)c1OC. The van der Waals surface area contributed by atoms with Crippen molar-refractivity contribution < 1.29 is 14.2 Å². The van der Waals surface area contributed by atoms with Gasteiger partial charge in [-0.05, 0) is 25.2 Å². The molecular weight excluding hydrogens is 346 g/mol. The van der Waals surface area contributed by atoms with E-state index in [-0.39, 0.29) is 5.95 Å². The smallest absolute Gasteiger partial charge is 0.222 e. The molecule has 27 heavy (non-hydrogen) atoms. The van der Waals surface area contributed by atoms with Crippen molar-refractivity contribution in [3.05, 3.63) is 23.4 Å². The van der Waals surface area contributed by atoms with Gasteiger partial charge in [-0.25, -0.2) is 4.98 Å². The van der Waals surface area contributed by atoms with E-state index in [1.807, 2.05) is 12.1 Å². The van der Waals surface area contributed by atoms with Gasteiger partial charge in [0, 0.05) is 37.0 Å². The monoisotopic (exact) mass is 373 g/mol. The number of hydrogen-bond donors (Lipinski definition) is 2. The summed E-state index contributed by atoms with van der Waals surface area (Å²) in [6.45, 7) is 0.863. The Morgan fingerprint density at radius 3 is 2.33 bits per heavy atom. The fraction of sp³-hybridized carbons (Fsp3) is 0.474. The fourth-order valence-electron chi connectivity index (χ4n) is 3.67. The first kappa shape index (κ1) is 18.9. The molecule has 0 radical (unpaired) electrons. The van der Waals surface area contributed by atoms with Crippen LogP contribution in [0.1, 0.15) is 17.7 Å². The maximum Gasteiger partial charge on any atom is 0.222 e. The van der Waals surface area contributed by atoms with E-state index in [1.165, 1.54) is 0 Å². The van der Waals surface area contributed by atoms with Crippen LogP contribution in [0.2, 0.25) is 0 Å². The number of aryl methyl sites for hydroxylation is 1. The van der Waals surface area contributed by atoms with Gasteiger partial charge in [0.1, 0.15) is 5.82 Å². The highest BCUT2D eigenvalue weighted by Gasteiger charge is 2.25. The quantitative estimate of drug-likeness (QED) is 0.790. The molecule has 1 aliphatic rings. The second-order valence-corrected chi connectivity index (χ2v) is 6.77. The third-order valence-electron chi connectivity index (χ3n) is 5.05. The van der Waals surface area contributed by atoms with E-state index in [2.05, 4.69) is 21.9 Å². The molecule has 8 heteroatoms. The number of benzene rings is 1. The molecule has 0 bridgehead atoms. The van der Waals surface area contributed by atoms with Gasteiger partial charge in [0.2, 0.25) is 11.7 Å². The molecule has 0 fully saturated rings. The number of nitrogen functional groups attached to an aromatic ring is 2. The zero-order valence-corrected chi connectivity index (χ0v) is 16.3. The Morgan fingerprint density at radius 2 is 1.74 bits per heavy atom. The average molecular weight is 373 g/mol. The Bertz CT molecular complexity index is 802. The first-order valence-corrected chi connectivity index (χ1v) is 8.88. The molecule has 0 saturated heterocycles. The Balaban J connectivity index is 1.79. The van der Waals surface area contributed by atoms with Crippen LogP contribution in [0.3, 0.4) is 0 Å². The highest BCUT2D eigenvalue weighted by Crippen LogP contribution is 2.41. The van der Waals surface area contributed by atoms with Crippen LogP contribution < -0.4 is 30.6 Å². The molecule has 0 unspecified atom stereocenters. The summed E-state index contributed by atoms with van der Waals surface area (Å²) in [6.07, 6.45) is 2.73. The molecule has 3 rings (SSSR count). The first-order chi connectivity index (χ1) is 13.0. The maximum atomic E-state index is 6.06. The van der Waals surface area contributed by atoms with Crippen LogP contribution in [-0.2, 0) is 12.8 Å². The second kappa shape index (κ2) is 7.77. The lowest BCUT2D eigenvalue weighted by Gasteiger charge is -2.30. The molecule has 1 aromatic heterocycles. The van der Waals surface area contributed by atoms with Gasteiger partial charge in [-0.15, -0.1) is 0 Å². The molecule has 0 aliphatic heterocycles. The molecule has 0 amide bonds. The van der Waals surface area contributed by atoms with Gasteiger partial charge in [0.25, 0.3) is 0 Å². The highest BCUT2D eigenvalue weighted by atomic mass is 16.5. The van der Waals surface area contributed by atoms with Crippen LogP contribution in [0.5, 0.6) is 17.2 Å². The minimum Gasteiger partial charge on any atom is -0.493 e. The van der Waals surface area contributed by atoms with Gasteiger partial charge >= 0.3 is 0 Å². The number of fused-ring (bicyclic) bond motifs is 1. The molecule has 0 saturated carbocycles. The van der Waals surface area contributed by atoms with E-state index in [0.717, 1.165) is 42.8 Å². The summed E-state index contributed by atoms with van der Waals surface area (Å²) >= 11 is 0. The predicted octanol–water partition coefficient (Wildman–Crippen LogP) is 1.91. The summed E-state index contributed by atoms with van der Waals surface area (Å²) in [7, 11) is 6.89. The largest absolute Gasteiger partial charge is 0.493 e. The van der Waals surface area contributed by atoms with Crippen LogP contribution in [0.15, 0.2) is 12.1 Å². The Labute approximate surface area is 159 Å². The minimum absolute atomic E-state index is 0.249. The van der Waals surface area contributed by atoms with E-state index >= 15 is 0 Å². The highest BCUT2D eigenvalue weighted by molar-refractivity contribution is 5.63. The lowest BCUT2D eigenvalue weighted by molar-refractivity contribution is 0.324. The number of methoxy groups -OCH3 is 3. The Morgan fingerprint density at radius 1 is 1.07 bits per heavy atom. The molecule has 0 spiro atoms. The molecular formula is C19H27N5O3. The van der Waals surface area contributed by atoms with Crippen LogP contribution in [0, 0.1) is 5.92 Å². The molecule has 4 N–H and O–H groups in total. The van der Waals surface area contributed by atoms with Crippen molar-refractivity contribution >= 4 is 17.5 Å². The lowest BCUT2D eigenvalue weighted by Crippen LogP contribution is -2.30. The van der Waals surface area contributed by atoms with Crippen molar-refractivity contribution in [2.24, 2.45) is 5.92 Å². The van der Waals surface area contributed by atoms with Crippen molar-refractivity contribution in [1.82, 2.24) is 9.97 Å². The predicted molar refractivity (Wildman–Crippen MR) is 106 cm³/mol.